The quantitative estimate of drug-likeness (QED) is 0.640. The molecule has 0 saturated heterocycles. The van der Waals surface area contributed by atoms with Gasteiger partial charge in [0.05, 0.1) is 4.92 Å². The van der Waals surface area contributed by atoms with Crippen molar-refractivity contribution in [3.8, 4) is 0 Å². The van der Waals surface area contributed by atoms with Gasteiger partial charge in [0.1, 0.15) is 5.56 Å². The normalized spacial score (nSPS) is 10.1. The number of anilines is 1. The van der Waals surface area contributed by atoms with E-state index in [9.17, 15) is 19.7 Å². The molecule has 0 bridgehead atoms. The van der Waals surface area contributed by atoms with E-state index < -0.39 is 10.8 Å². The second-order valence-electron chi connectivity index (χ2n) is 4.81. The zero-order chi connectivity index (χ0) is 17.7. The fourth-order valence-corrected chi connectivity index (χ4v) is 2.21. The highest BCUT2D eigenvalue weighted by molar-refractivity contribution is 6.31. The Labute approximate surface area is 142 Å². The lowest BCUT2D eigenvalue weighted by Gasteiger charge is -2.08. The number of nitro groups is 1. The molecule has 2 N–H and O–H groups in total. The summed E-state index contributed by atoms with van der Waals surface area (Å²) in [6.45, 7) is 2.27. The molecule has 0 aliphatic heterocycles. The first-order chi connectivity index (χ1) is 11.4. The van der Waals surface area contributed by atoms with E-state index in [0.717, 1.165) is 6.07 Å². The summed E-state index contributed by atoms with van der Waals surface area (Å²) < 4.78 is 0. The van der Waals surface area contributed by atoms with Gasteiger partial charge in [-0.1, -0.05) is 17.7 Å². The average molecular weight is 348 g/mol. The van der Waals surface area contributed by atoms with Gasteiger partial charge >= 0.3 is 0 Å². The van der Waals surface area contributed by atoms with E-state index in [2.05, 4.69) is 10.6 Å². The van der Waals surface area contributed by atoms with Gasteiger partial charge in [-0.3, -0.25) is 19.7 Å². The van der Waals surface area contributed by atoms with E-state index in [1.807, 2.05) is 0 Å². The van der Waals surface area contributed by atoms with Gasteiger partial charge in [0.2, 0.25) is 0 Å². The van der Waals surface area contributed by atoms with Crippen molar-refractivity contribution in [3.63, 3.8) is 0 Å². The number of carbonyl (C=O) groups is 2. The maximum atomic E-state index is 12.3. The van der Waals surface area contributed by atoms with Gasteiger partial charge in [0.15, 0.2) is 0 Å². The molecule has 2 aromatic carbocycles. The molecule has 24 heavy (non-hydrogen) atoms. The second kappa shape index (κ2) is 7.56. The first-order valence-electron chi connectivity index (χ1n) is 7.06. The fourth-order valence-electron chi connectivity index (χ4n) is 2.05. The highest BCUT2D eigenvalue weighted by Gasteiger charge is 2.20. The molecule has 124 valence electrons. The van der Waals surface area contributed by atoms with Gasteiger partial charge in [0.25, 0.3) is 17.5 Å². The van der Waals surface area contributed by atoms with Crippen LogP contribution in [0.15, 0.2) is 42.5 Å². The Morgan fingerprint density at radius 3 is 2.58 bits per heavy atom. The number of halogens is 1. The van der Waals surface area contributed by atoms with Crippen LogP contribution in [0.5, 0.6) is 0 Å². The van der Waals surface area contributed by atoms with Crippen LogP contribution >= 0.6 is 11.6 Å². The number of nitrogens with one attached hydrogen (secondary N) is 2. The molecule has 0 unspecified atom stereocenters. The third-order valence-corrected chi connectivity index (χ3v) is 3.36. The van der Waals surface area contributed by atoms with Crippen LogP contribution < -0.4 is 10.6 Å². The first-order valence-corrected chi connectivity index (χ1v) is 7.43. The van der Waals surface area contributed by atoms with Crippen molar-refractivity contribution in [1.82, 2.24) is 5.32 Å². The molecule has 0 atom stereocenters. The van der Waals surface area contributed by atoms with Gasteiger partial charge in [-0.2, -0.15) is 0 Å². The number of hydrogen-bond donors (Lipinski definition) is 2. The minimum Gasteiger partial charge on any atom is -0.352 e. The summed E-state index contributed by atoms with van der Waals surface area (Å²) in [4.78, 5) is 34.5. The van der Waals surface area contributed by atoms with E-state index in [-0.39, 0.29) is 22.2 Å². The number of amides is 2. The maximum Gasteiger partial charge on any atom is 0.283 e. The monoisotopic (exact) mass is 347 g/mol. The lowest BCUT2D eigenvalue weighted by atomic mass is 10.1. The number of carbonyl (C=O) groups excluding carboxylic acids is 2. The Morgan fingerprint density at radius 1 is 1.17 bits per heavy atom. The van der Waals surface area contributed by atoms with Gasteiger partial charge < -0.3 is 10.6 Å². The number of benzene rings is 2. The van der Waals surface area contributed by atoms with Crippen LogP contribution in [0.25, 0.3) is 0 Å². The van der Waals surface area contributed by atoms with Crippen molar-refractivity contribution in [1.29, 1.82) is 0 Å². The van der Waals surface area contributed by atoms with Crippen molar-refractivity contribution in [2.75, 3.05) is 11.9 Å². The predicted molar refractivity (Wildman–Crippen MR) is 90.5 cm³/mol. The molecule has 0 radical (unpaired) electrons. The van der Waals surface area contributed by atoms with E-state index in [0.29, 0.717) is 17.8 Å². The molecular weight excluding hydrogens is 334 g/mol. The van der Waals surface area contributed by atoms with Crippen LogP contribution in [-0.4, -0.2) is 23.3 Å². The molecule has 8 heteroatoms. The van der Waals surface area contributed by atoms with Gasteiger partial charge in [-0.25, -0.2) is 0 Å². The lowest BCUT2D eigenvalue weighted by molar-refractivity contribution is -0.385. The Kier molecular flexibility index (Phi) is 5.49. The molecule has 7 nitrogen and oxygen atoms in total. The SMILES string of the molecule is CCNC(=O)c1cccc(NC(=O)c2ccc(Cl)cc2[N+](=O)[O-])c1. The van der Waals surface area contributed by atoms with Crippen molar-refractivity contribution < 1.29 is 14.5 Å². The predicted octanol–water partition coefficient (Wildman–Crippen LogP) is 3.25. The van der Waals surface area contributed by atoms with Gasteiger partial charge in [0, 0.05) is 28.9 Å². The van der Waals surface area contributed by atoms with Crippen LogP contribution in [0.2, 0.25) is 5.02 Å². The molecular formula is C16H14ClN3O4. The Balaban J connectivity index is 2.26. The highest BCUT2D eigenvalue weighted by Crippen LogP contribution is 2.24. The summed E-state index contributed by atoms with van der Waals surface area (Å²) in [5, 5.41) is 16.4. The number of hydrogen-bond acceptors (Lipinski definition) is 4. The van der Waals surface area contributed by atoms with Crippen molar-refractivity contribution in [2.45, 2.75) is 6.92 Å². The van der Waals surface area contributed by atoms with E-state index in [1.165, 1.54) is 18.2 Å². The minimum atomic E-state index is -0.675. The minimum absolute atomic E-state index is 0.118. The lowest BCUT2D eigenvalue weighted by Crippen LogP contribution is -2.22. The summed E-state index contributed by atoms with van der Waals surface area (Å²) >= 11 is 5.73. The molecule has 0 spiro atoms. The Bertz CT molecular complexity index is 808. The Morgan fingerprint density at radius 2 is 1.92 bits per heavy atom. The molecule has 0 fully saturated rings. The number of nitrogens with zero attached hydrogens (tertiary/aromatic N) is 1. The first kappa shape index (κ1) is 17.4. The van der Waals surface area contributed by atoms with Crippen LogP contribution in [0.4, 0.5) is 11.4 Å². The molecule has 0 aliphatic rings. The molecule has 0 aromatic heterocycles. The van der Waals surface area contributed by atoms with Crippen LogP contribution in [-0.2, 0) is 0 Å². The van der Waals surface area contributed by atoms with E-state index in [1.54, 1.807) is 25.1 Å². The maximum absolute atomic E-state index is 12.3. The number of rotatable bonds is 5. The Hall–Kier alpha value is -2.93. The largest absolute Gasteiger partial charge is 0.352 e. The summed E-state index contributed by atoms with van der Waals surface area (Å²) in [6.07, 6.45) is 0. The molecule has 0 saturated carbocycles. The van der Waals surface area contributed by atoms with Crippen LogP contribution in [0.3, 0.4) is 0 Å². The summed E-state index contributed by atoms with van der Waals surface area (Å²) in [7, 11) is 0. The standard InChI is InChI=1S/C16H14ClN3O4/c1-2-18-15(21)10-4-3-5-12(8-10)19-16(22)13-7-6-11(17)9-14(13)20(23)24/h3-9H,2H2,1H3,(H,18,21)(H,19,22). The second-order valence-corrected chi connectivity index (χ2v) is 5.25. The topological polar surface area (TPSA) is 101 Å². The van der Waals surface area contributed by atoms with Gasteiger partial charge in [-0.05, 0) is 37.3 Å². The zero-order valence-corrected chi connectivity index (χ0v) is 13.5. The van der Waals surface area contributed by atoms with Crippen LogP contribution in [0.1, 0.15) is 27.6 Å². The molecule has 0 aliphatic carbocycles. The van der Waals surface area contributed by atoms with E-state index in [4.69, 9.17) is 11.6 Å². The molecule has 2 rings (SSSR count). The van der Waals surface area contributed by atoms with Crippen molar-refractivity contribution in [2.24, 2.45) is 0 Å². The highest BCUT2D eigenvalue weighted by atomic mass is 35.5. The summed E-state index contributed by atoms with van der Waals surface area (Å²) in [5.74, 6) is -0.933. The van der Waals surface area contributed by atoms with Crippen molar-refractivity contribution in [3.05, 3.63) is 68.7 Å². The average Bonchev–Trinajstić information content (AvgIpc) is 2.55. The third kappa shape index (κ3) is 4.08. The van der Waals surface area contributed by atoms with E-state index >= 15 is 0 Å². The van der Waals surface area contributed by atoms with Crippen LogP contribution in [0, 0.1) is 10.1 Å². The number of nitro benzene ring substituents is 1. The smallest absolute Gasteiger partial charge is 0.283 e. The molecule has 2 amide bonds. The summed E-state index contributed by atoms with van der Waals surface area (Å²) in [5.41, 5.74) is 0.223. The van der Waals surface area contributed by atoms with Gasteiger partial charge in [-0.15, -0.1) is 0 Å². The molecule has 0 heterocycles. The zero-order valence-electron chi connectivity index (χ0n) is 12.7. The third-order valence-electron chi connectivity index (χ3n) is 3.12. The van der Waals surface area contributed by atoms with Crippen molar-refractivity contribution >= 4 is 34.8 Å². The fraction of sp³-hybridized carbons (Fsp3) is 0.125. The molecule has 2 aromatic rings. The summed E-state index contributed by atoms with van der Waals surface area (Å²) in [6, 6.07) is 10.1.